The molecule has 0 saturated heterocycles. The molecular formula is C33H30N4O4. The van der Waals surface area contributed by atoms with E-state index in [9.17, 15) is 4.79 Å². The largest absolute Gasteiger partial charge is 0.496 e. The summed E-state index contributed by atoms with van der Waals surface area (Å²) in [6.07, 6.45) is 1.80. The number of hydrogen-bond donors (Lipinski definition) is 0. The van der Waals surface area contributed by atoms with Gasteiger partial charge in [-0.3, -0.25) is 4.79 Å². The maximum atomic E-state index is 13.7. The fourth-order valence-corrected chi connectivity index (χ4v) is 5.09. The second kappa shape index (κ2) is 10.5. The van der Waals surface area contributed by atoms with Crippen molar-refractivity contribution in [1.82, 2.24) is 14.2 Å². The molecule has 0 spiro atoms. The van der Waals surface area contributed by atoms with Crippen LogP contribution in [0.1, 0.15) is 30.8 Å². The lowest BCUT2D eigenvalue weighted by atomic mass is 10.2. The summed E-state index contributed by atoms with van der Waals surface area (Å²) in [6.45, 7) is 8.08. The van der Waals surface area contributed by atoms with Crippen molar-refractivity contribution in [2.24, 2.45) is 5.10 Å². The fraction of sp³-hybridized carbons (Fsp3) is 0.182. The van der Waals surface area contributed by atoms with E-state index in [1.54, 1.807) is 19.4 Å². The third kappa shape index (κ3) is 4.78. The Hall–Kier alpha value is -5.11. The normalized spacial score (nSPS) is 11.8. The zero-order valence-electron chi connectivity index (χ0n) is 23.6. The SMILES string of the molecule is COc1cccc2oc(-c3nc4ccccc4c(=O)n3N=Cc3cc(C)n(-c4ccc(OC(C)C)cc4)c3C)cc12. The van der Waals surface area contributed by atoms with Gasteiger partial charge in [0.15, 0.2) is 5.76 Å². The minimum absolute atomic E-state index is 0.109. The molecule has 0 aliphatic rings. The molecule has 0 saturated carbocycles. The summed E-state index contributed by atoms with van der Waals surface area (Å²) in [7, 11) is 1.61. The average Bonchev–Trinajstić information content (AvgIpc) is 3.52. The Kier molecular flexibility index (Phi) is 6.67. The second-order valence-electron chi connectivity index (χ2n) is 10.1. The number of benzene rings is 3. The summed E-state index contributed by atoms with van der Waals surface area (Å²) < 4.78 is 20.9. The van der Waals surface area contributed by atoms with Gasteiger partial charge in [-0.05, 0) is 88.4 Å². The predicted molar refractivity (Wildman–Crippen MR) is 162 cm³/mol. The highest BCUT2D eigenvalue weighted by Crippen LogP contribution is 2.33. The molecule has 3 aromatic heterocycles. The van der Waals surface area contributed by atoms with Crippen molar-refractivity contribution in [3.05, 3.63) is 106 Å². The number of aryl methyl sites for hydroxylation is 1. The van der Waals surface area contributed by atoms with Gasteiger partial charge in [-0.15, -0.1) is 0 Å². The van der Waals surface area contributed by atoms with E-state index in [0.717, 1.165) is 33.8 Å². The third-order valence-corrected chi connectivity index (χ3v) is 6.96. The molecule has 3 heterocycles. The second-order valence-corrected chi connectivity index (χ2v) is 10.1. The lowest BCUT2D eigenvalue weighted by Crippen LogP contribution is -2.20. The van der Waals surface area contributed by atoms with E-state index in [1.807, 2.05) is 100 Å². The highest BCUT2D eigenvalue weighted by Gasteiger charge is 2.18. The van der Waals surface area contributed by atoms with Gasteiger partial charge in [0.2, 0.25) is 5.82 Å². The number of aromatic nitrogens is 3. The Morgan fingerprint density at radius 1 is 0.951 bits per heavy atom. The first-order valence-corrected chi connectivity index (χ1v) is 13.4. The summed E-state index contributed by atoms with van der Waals surface area (Å²) in [4.78, 5) is 18.5. The summed E-state index contributed by atoms with van der Waals surface area (Å²) in [5, 5.41) is 5.92. The van der Waals surface area contributed by atoms with Gasteiger partial charge >= 0.3 is 0 Å². The van der Waals surface area contributed by atoms with E-state index in [4.69, 9.17) is 18.9 Å². The van der Waals surface area contributed by atoms with Crippen molar-refractivity contribution >= 4 is 28.1 Å². The molecule has 0 aliphatic carbocycles. The highest BCUT2D eigenvalue weighted by molar-refractivity contribution is 5.89. The zero-order valence-corrected chi connectivity index (χ0v) is 23.6. The van der Waals surface area contributed by atoms with Crippen LogP contribution in [0.3, 0.4) is 0 Å². The van der Waals surface area contributed by atoms with E-state index in [2.05, 4.69) is 9.67 Å². The van der Waals surface area contributed by atoms with E-state index in [-0.39, 0.29) is 11.7 Å². The van der Waals surface area contributed by atoms with Gasteiger partial charge in [0.1, 0.15) is 17.1 Å². The van der Waals surface area contributed by atoms with Crippen molar-refractivity contribution in [3.63, 3.8) is 0 Å². The molecule has 0 bridgehead atoms. The van der Waals surface area contributed by atoms with Crippen LogP contribution < -0.4 is 15.0 Å². The minimum Gasteiger partial charge on any atom is -0.496 e. The van der Waals surface area contributed by atoms with Crippen LogP contribution in [0, 0.1) is 13.8 Å². The van der Waals surface area contributed by atoms with Crippen LogP contribution >= 0.6 is 0 Å². The molecule has 6 aromatic rings. The van der Waals surface area contributed by atoms with E-state index in [0.29, 0.717) is 33.8 Å². The van der Waals surface area contributed by atoms with Crippen molar-refractivity contribution in [3.8, 4) is 28.8 Å². The molecule has 206 valence electrons. The van der Waals surface area contributed by atoms with E-state index in [1.165, 1.54) is 4.68 Å². The zero-order chi connectivity index (χ0) is 28.7. The molecule has 8 nitrogen and oxygen atoms in total. The number of methoxy groups -OCH3 is 1. The molecule has 3 aromatic carbocycles. The van der Waals surface area contributed by atoms with Crippen LogP contribution in [0.25, 0.3) is 39.1 Å². The van der Waals surface area contributed by atoms with Gasteiger partial charge in [-0.1, -0.05) is 18.2 Å². The average molecular weight is 547 g/mol. The lowest BCUT2D eigenvalue weighted by molar-refractivity contribution is 0.242. The van der Waals surface area contributed by atoms with Crippen molar-refractivity contribution in [2.75, 3.05) is 7.11 Å². The molecule has 0 N–H and O–H groups in total. The van der Waals surface area contributed by atoms with Gasteiger partial charge in [0.05, 0.1) is 35.7 Å². The highest BCUT2D eigenvalue weighted by atomic mass is 16.5. The fourth-order valence-electron chi connectivity index (χ4n) is 5.09. The van der Waals surface area contributed by atoms with Gasteiger partial charge in [0, 0.05) is 22.6 Å². The number of para-hydroxylation sites is 1. The summed E-state index contributed by atoms with van der Waals surface area (Å²) in [6, 6.07) is 24.7. The number of nitrogens with zero attached hydrogens (tertiary/aromatic N) is 4. The molecule has 0 fully saturated rings. The molecule has 6 rings (SSSR count). The summed E-state index contributed by atoms with van der Waals surface area (Å²) in [5.74, 6) is 2.22. The van der Waals surface area contributed by atoms with Gasteiger partial charge in [-0.2, -0.15) is 9.78 Å². The number of rotatable bonds is 7. The van der Waals surface area contributed by atoms with Gasteiger partial charge < -0.3 is 18.5 Å². The van der Waals surface area contributed by atoms with Crippen LogP contribution in [0.4, 0.5) is 0 Å². The number of fused-ring (bicyclic) bond motifs is 2. The van der Waals surface area contributed by atoms with Crippen LogP contribution in [-0.2, 0) is 0 Å². The Morgan fingerprint density at radius 3 is 2.49 bits per heavy atom. The molecule has 8 heteroatoms. The Morgan fingerprint density at radius 2 is 1.73 bits per heavy atom. The third-order valence-electron chi connectivity index (χ3n) is 6.96. The molecular weight excluding hydrogens is 516 g/mol. The van der Waals surface area contributed by atoms with Crippen LogP contribution in [-0.4, -0.2) is 33.7 Å². The molecule has 0 aliphatic heterocycles. The Balaban J connectivity index is 1.45. The standard InChI is InChI=1S/C33H30N4O4/c1-20(2)40-25-15-13-24(14-16-25)36-21(3)17-23(22(36)4)19-34-37-32(35-28-10-7-6-9-26(28)33(37)38)31-18-27-29(39-5)11-8-12-30(27)41-31/h6-20H,1-5H3. The molecule has 0 amide bonds. The molecule has 0 unspecified atom stereocenters. The molecule has 41 heavy (non-hydrogen) atoms. The maximum absolute atomic E-state index is 13.7. The topological polar surface area (TPSA) is 83.8 Å². The van der Waals surface area contributed by atoms with Gasteiger partial charge in [0.25, 0.3) is 5.56 Å². The number of furan rings is 1. The first-order valence-electron chi connectivity index (χ1n) is 13.4. The monoisotopic (exact) mass is 546 g/mol. The smallest absolute Gasteiger partial charge is 0.282 e. The van der Waals surface area contributed by atoms with Gasteiger partial charge in [-0.25, -0.2) is 4.98 Å². The minimum atomic E-state index is -0.288. The first-order chi connectivity index (χ1) is 19.8. The molecule has 0 atom stereocenters. The van der Waals surface area contributed by atoms with Crippen molar-refractivity contribution in [1.29, 1.82) is 0 Å². The van der Waals surface area contributed by atoms with Crippen molar-refractivity contribution in [2.45, 2.75) is 33.8 Å². The quantitative estimate of drug-likeness (QED) is 0.204. The summed E-state index contributed by atoms with van der Waals surface area (Å²) in [5.41, 5.74) is 4.82. The van der Waals surface area contributed by atoms with Crippen LogP contribution in [0.5, 0.6) is 11.5 Å². The van der Waals surface area contributed by atoms with Crippen molar-refractivity contribution < 1.29 is 13.9 Å². The van der Waals surface area contributed by atoms with Crippen LogP contribution in [0.2, 0.25) is 0 Å². The first kappa shape index (κ1) is 26.1. The predicted octanol–water partition coefficient (Wildman–Crippen LogP) is 6.90. The number of hydrogen-bond acceptors (Lipinski definition) is 6. The number of ether oxygens (including phenoxy) is 2. The lowest BCUT2D eigenvalue weighted by Gasteiger charge is -2.13. The molecule has 0 radical (unpaired) electrons. The van der Waals surface area contributed by atoms with Crippen LogP contribution in [0.15, 0.2) is 93.2 Å². The van der Waals surface area contributed by atoms with E-state index >= 15 is 0 Å². The maximum Gasteiger partial charge on any atom is 0.282 e. The summed E-state index contributed by atoms with van der Waals surface area (Å²) >= 11 is 0. The van der Waals surface area contributed by atoms with E-state index < -0.39 is 0 Å². The Labute approximate surface area is 237 Å². The Bertz CT molecular complexity index is 1980.